The highest BCUT2D eigenvalue weighted by Gasteiger charge is 2.24. The van der Waals surface area contributed by atoms with Gasteiger partial charge in [0.1, 0.15) is 11.3 Å². The van der Waals surface area contributed by atoms with E-state index in [1.807, 2.05) is 35.4 Å². The molecule has 1 aliphatic rings. The van der Waals surface area contributed by atoms with Crippen molar-refractivity contribution in [3.05, 3.63) is 73.3 Å². The van der Waals surface area contributed by atoms with Gasteiger partial charge >= 0.3 is 0 Å². The summed E-state index contributed by atoms with van der Waals surface area (Å²) in [5.74, 6) is -0.268. The lowest BCUT2D eigenvalue weighted by Gasteiger charge is -2.38. The van der Waals surface area contributed by atoms with E-state index in [-0.39, 0.29) is 11.7 Å². The molecule has 4 aromatic rings. The first-order valence-corrected chi connectivity index (χ1v) is 12.8. The summed E-state index contributed by atoms with van der Waals surface area (Å²) in [7, 11) is 0. The van der Waals surface area contributed by atoms with Crippen LogP contribution in [0.4, 0.5) is 27.4 Å². The van der Waals surface area contributed by atoms with Crippen molar-refractivity contribution in [1.29, 1.82) is 0 Å². The SMILES string of the molecule is C=CC(=O)Nc1cccc(-c2c[nH]c3cnc(Nc4ccc(N5CCN(CC(C)(C)O)CC5)c(F)c4)nc23)c1. The number of nitrogens with zero attached hydrogens (tertiary/aromatic N) is 4. The molecule has 1 aliphatic heterocycles. The molecule has 9 nitrogen and oxygen atoms in total. The standard InChI is InChI=1S/C29H32FN7O2/c1-4-26(38)33-20-7-5-6-19(14-20)22-16-31-24-17-32-28(35-27(22)24)34-21-8-9-25(23(30)15-21)37-12-10-36(11-13-37)18-29(2,3)39/h4-9,14-17,31,39H,1,10-13,18H2,2-3H3,(H,33,38)(H,32,34,35). The molecule has 2 aromatic heterocycles. The lowest BCUT2D eigenvalue weighted by Crippen LogP contribution is -2.50. The Bertz CT molecular complexity index is 1500. The average molecular weight is 530 g/mol. The molecule has 3 heterocycles. The Morgan fingerprint density at radius 3 is 2.69 bits per heavy atom. The summed E-state index contributed by atoms with van der Waals surface area (Å²) in [6, 6.07) is 12.5. The Morgan fingerprint density at radius 1 is 1.18 bits per heavy atom. The fourth-order valence-electron chi connectivity index (χ4n) is 4.81. The normalized spacial score (nSPS) is 14.4. The molecule has 2 aromatic carbocycles. The van der Waals surface area contributed by atoms with Crippen LogP contribution in [0, 0.1) is 5.82 Å². The van der Waals surface area contributed by atoms with Gasteiger partial charge in [-0.1, -0.05) is 18.7 Å². The second-order valence-electron chi connectivity index (χ2n) is 10.3. The van der Waals surface area contributed by atoms with Crippen LogP contribution in [0.5, 0.6) is 0 Å². The zero-order chi connectivity index (χ0) is 27.6. The number of nitrogens with one attached hydrogen (secondary N) is 3. The number of benzene rings is 2. The summed E-state index contributed by atoms with van der Waals surface area (Å²) in [6.45, 7) is 10.6. The monoisotopic (exact) mass is 529 g/mol. The van der Waals surface area contributed by atoms with Gasteiger partial charge < -0.3 is 25.6 Å². The third-order valence-electron chi connectivity index (χ3n) is 6.57. The van der Waals surface area contributed by atoms with Gasteiger partial charge in [0.05, 0.1) is 23.0 Å². The lowest BCUT2D eigenvalue weighted by molar-refractivity contribution is -0.111. The van der Waals surface area contributed by atoms with E-state index in [2.05, 4.69) is 37.1 Å². The van der Waals surface area contributed by atoms with Gasteiger partial charge in [0.2, 0.25) is 11.9 Å². The topological polar surface area (TPSA) is 109 Å². The largest absolute Gasteiger partial charge is 0.389 e. The zero-order valence-electron chi connectivity index (χ0n) is 22.0. The molecule has 1 saturated heterocycles. The number of aromatic nitrogens is 3. The summed E-state index contributed by atoms with van der Waals surface area (Å²) in [5.41, 5.74) is 4.15. The number of amides is 1. The first-order chi connectivity index (χ1) is 18.7. The maximum Gasteiger partial charge on any atom is 0.247 e. The van der Waals surface area contributed by atoms with Crippen molar-refractivity contribution in [2.24, 2.45) is 0 Å². The molecular formula is C29H32FN7O2. The maximum atomic E-state index is 15.1. The van der Waals surface area contributed by atoms with E-state index in [1.165, 1.54) is 12.1 Å². The van der Waals surface area contributed by atoms with Crippen molar-refractivity contribution in [3.8, 4) is 11.1 Å². The maximum absolute atomic E-state index is 15.1. The van der Waals surface area contributed by atoms with Gasteiger partial charge in [-0.05, 0) is 55.8 Å². The molecule has 0 radical (unpaired) electrons. The first-order valence-electron chi connectivity index (χ1n) is 12.8. The Balaban J connectivity index is 1.31. The third-order valence-corrected chi connectivity index (χ3v) is 6.57. The van der Waals surface area contributed by atoms with E-state index in [1.54, 1.807) is 32.2 Å². The summed E-state index contributed by atoms with van der Waals surface area (Å²) >= 11 is 0. The van der Waals surface area contributed by atoms with Crippen molar-refractivity contribution in [2.75, 3.05) is 48.3 Å². The smallest absolute Gasteiger partial charge is 0.247 e. The molecule has 5 rings (SSSR count). The van der Waals surface area contributed by atoms with Crippen LogP contribution in [0.1, 0.15) is 13.8 Å². The second-order valence-corrected chi connectivity index (χ2v) is 10.3. The van der Waals surface area contributed by atoms with Crippen LogP contribution in [-0.2, 0) is 4.79 Å². The number of carbonyl (C=O) groups is 1. The number of β-amino-alcohol motifs (C(OH)–C–C–N with tert-alkyl or cyclic N) is 1. The van der Waals surface area contributed by atoms with Gasteiger partial charge in [0.25, 0.3) is 0 Å². The summed E-state index contributed by atoms with van der Waals surface area (Å²) in [6.07, 6.45) is 4.74. The van der Waals surface area contributed by atoms with Gasteiger partial charge in [0.15, 0.2) is 0 Å². The molecule has 0 saturated carbocycles. The van der Waals surface area contributed by atoms with Crippen molar-refractivity contribution >= 4 is 40.0 Å². The van der Waals surface area contributed by atoms with E-state index in [9.17, 15) is 9.90 Å². The molecule has 4 N–H and O–H groups in total. The quantitative estimate of drug-likeness (QED) is 0.249. The Hall–Kier alpha value is -4.28. The van der Waals surface area contributed by atoms with Gasteiger partial charge in [-0.25, -0.2) is 14.4 Å². The van der Waals surface area contributed by atoms with Crippen molar-refractivity contribution in [3.63, 3.8) is 0 Å². The van der Waals surface area contributed by atoms with E-state index in [4.69, 9.17) is 0 Å². The Kier molecular flexibility index (Phi) is 7.32. The van der Waals surface area contributed by atoms with Crippen LogP contribution in [0.3, 0.4) is 0 Å². The van der Waals surface area contributed by atoms with E-state index < -0.39 is 5.60 Å². The van der Waals surface area contributed by atoms with Crippen LogP contribution < -0.4 is 15.5 Å². The average Bonchev–Trinajstić information content (AvgIpc) is 3.32. The number of rotatable bonds is 8. The third kappa shape index (κ3) is 6.24. The highest BCUT2D eigenvalue weighted by atomic mass is 19.1. The van der Waals surface area contributed by atoms with Crippen molar-refractivity contribution in [2.45, 2.75) is 19.4 Å². The van der Waals surface area contributed by atoms with Crippen LogP contribution in [0.15, 0.2) is 67.5 Å². The van der Waals surface area contributed by atoms with Crippen LogP contribution in [-0.4, -0.2) is 69.2 Å². The molecule has 202 valence electrons. The summed E-state index contributed by atoms with van der Waals surface area (Å²) < 4.78 is 15.1. The Labute approximate surface area is 226 Å². The number of hydrogen-bond donors (Lipinski definition) is 4. The molecule has 10 heteroatoms. The molecule has 39 heavy (non-hydrogen) atoms. The van der Waals surface area contributed by atoms with Gasteiger partial charge in [-0.3, -0.25) is 9.69 Å². The van der Waals surface area contributed by atoms with Crippen LogP contribution in [0.2, 0.25) is 0 Å². The molecule has 1 amide bonds. The molecule has 1 fully saturated rings. The summed E-state index contributed by atoms with van der Waals surface area (Å²) in [4.78, 5) is 28.2. The molecule has 0 bridgehead atoms. The number of carbonyl (C=O) groups excluding carboxylic acids is 1. The van der Waals surface area contributed by atoms with Crippen LogP contribution in [0.25, 0.3) is 22.2 Å². The minimum atomic E-state index is -0.750. The van der Waals surface area contributed by atoms with Gasteiger partial charge in [0, 0.05) is 55.9 Å². The van der Waals surface area contributed by atoms with E-state index in [0.717, 1.165) is 29.7 Å². The molecular weight excluding hydrogens is 497 g/mol. The van der Waals surface area contributed by atoms with E-state index in [0.29, 0.717) is 48.2 Å². The molecule has 0 atom stereocenters. The number of piperazine rings is 1. The number of fused-ring (bicyclic) bond motifs is 1. The Morgan fingerprint density at radius 2 is 1.97 bits per heavy atom. The lowest BCUT2D eigenvalue weighted by atomic mass is 10.1. The zero-order valence-corrected chi connectivity index (χ0v) is 22.0. The number of hydrogen-bond acceptors (Lipinski definition) is 7. The predicted octanol–water partition coefficient (Wildman–Crippen LogP) is 4.53. The first kappa shape index (κ1) is 26.3. The minimum absolute atomic E-state index is 0.286. The molecule has 0 unspecified atom stereocenters. The highest BCUT2D eigenvalue weighted by molar-refractivity contribution is 6.00. The van der Waals surface area contributed by atoms with Crippen molar-refractivity contribution in [1.82, 2.24) is 19.9 Å². The predicted molar refractivity (Wildman–Crippen MR) is 153 cm³/mol. The fourth-order valence-corrected chi connectivity index (χ4v) is 4.81. The van der Waals surface area contributed by atoms with Gasteiger partial charge in [-0.2, -0.15) is 0 Å². The highest BCUT2D eigenvalue weighted by Crippen LogP contribution is 2.30. The number of H-pyrrole nitrogens is 1. The van der Waals surface area contributed by atoms with E-state index >= 15 is 4.39 Å². The minimum Gasteiger partial charge on any atom is -0.389 e. The number of aliphatic hydroxyl groups is 1. The summed E-state index contributed by atoms with van der Waals surface area (Å²) in [5, 5.41) is 15.9. The number of anilines is 4. The molecule has 0 aliphatic carbocycles. The van der Waals surface area contributed by atoms with Crippen LogP contribution >= 0.6 is 0 Å². The number of aromatic amines is 1. The number of halogens is 1. The van der Waals surface area contributed by atoms with Gasteiger partial charge in [-0.15, -0.1) is 0 Å². The fraction of sp³-hybridized carbons (Fsp3) is 0.276. The molecule has 0 spiro atoms. The second kappa shape index (κ2) is 10.8. The van der Waals surface area contributed by atoms with Crippen molar-refractivity contribution < 1.29 is 14.3 Å².